The van der Waals surface area contributed by atoms with Gasteiger partial charge in [-0.1, -0.05) is 57.4 Å². The standard InChI is InChI=1S/C32H25BrCl2N2O5/c1-41-30(39)17-5-9-22(10-6-17)42-27-12-7-19(33)14-23(27)29-32(24-11-8-21(35)15-26(24)36-31(32)40)25(16-28(38)37-29)18-3-2-4-20(34)13-18/h2-12,14-15,18,25,29H,13,16H2,1H3,(H,36,40)(H,37,38)/t18?,25-,29-,32-/m0/s1. The largest absolute Gasteiger partial charge is 0.465 e. The summed E-state index contributed by atoms with van der Waals surface area (Å²) in [7, 11) is 1.32. The summed E-state index contributed by atoms with van der Waals surface area (Å²) in [6.07, 6.45) is 6.38. The van der Waals surface area contributed by atoms with E-state index >= 15 is 0 Å². The van der Waals surface area contributed by atoms with Crippen molar-refractivity contribution in [1.82, 2.24) is 5.32 Å². The molecule has 2 N–H and O–H groups in total. The van der Waals surface area contributed by atoms with Crippen molar-refractivity contribution in [2.75, 3.05) is 12.4 Å². The molecule has 2 aliphatic heterocycles. The van der Waals surface area contributed by atoms with Gasteiger partial charge in [0.1, 0.15) is 16.9 Å². The van der Waals surface area contributed by atoms with E-state index in [0.717, 1.165) is 10.0 Å². The molecule has 6 rings (SSSR count). The van der Waals surface area contributed by atoms with Gasteiger partial charge in [0, 0.05) is 32.2 Å². The average molecular weight is 668 g/mol. The van der Waals surface area contributed by atoms with Crippen molar-refractivity contribution >= 4 is 62.6 Å². The van der Waals surface area contributed by atoms with Crippen LogP contribution in [0, 0.1) is 11.8 Å². The Hall–Kier alpha value is -3.59. The van der Waals surface area contributed by atoms with Gasteiger partial charge in [-0.2, -0.15) is 0 Å². The van der Waals surface area contributed by atoms with E-state index in [4.69, 9.17) is 32.7 Å². The van der Waals surface area contributed by atoms with Crippen LogP contribution >= 0.6 is 39.1 Å². The lowest BCUT2D eigenvalue weighted by atomic mass is 9.57. The number of benzene rings is 3. The van der Waals surface area contributed by atoms with Crippen molar-refractivity contribution in [1.29, 1.82) is 0 Å². The highest BCUT2D eigenvalue weighted by molar-refractivity contribution is 9.10. The zero-order chi connectivity index (χ0) is 29.6. The summed E-state index contributed by atoms with van der Waals surface area (Å²) in [5.41, 5.74) is 1.15. The number of esters is 1. The molecule has 1 unspecified atom stereocenters. The van der Waals surface area contributed by atoms with Crippen molar-refractivity contribution in [2.24, 2.45) is 11.8 Å². The van der Waals surface area contributed by atoms with Crippen LogP contribution in [0.4, 0.5) is 5.69 Å². The Balaban J connectivity index is 1.51. The molecular formula is C32H25BrCl2N2O5. The lowest BCUT2D eigenvalue weighted by Gasteiger charge is -2.49. The van der Waals surface area contributed by atoms with Crippen molar-refractivity contribution in [2.45, 2.75) is 24.3 Å². The summed E-state index contributed by atoms with van der Waals surface area (Å²) in [6.45, 7) is 0. The minimum Gasteiger partial charge on any atom is -0.465 e. The van der Waals surface area contributed by atoms with Gasteiger partial charge in [-0.3, -0.25) is 9.59 Å². The van der Waals surface area contributed by atoms with Crippen LogP contribution in [-0.2, 0) is 19.7 Å². The first-order valence-corrected chi connectivity index (χ1v) is 14.8. The number of methoxy groups -OCH3 is 1. The van der Waals surface area contributed by atoms with Crippen LogP contribution in [-0.4, -0.2) is 24.9 Å². The van der Waals surface area contributed by atoms with Crippen molar-refractivity contribution in [3.05, 3.63) is 110 Å². The number of hydrogen-bond donors (Lipinski definition) is 2. The number of rotatable bonds is 5. The fourth-order valence-corrected chi connectivity index (χ4v) is 7.19. The maximum Gasteiger partial charge on any atom is 0.337 e. The Morgan fingerprint density at radius 3 is 2.55 bits per heavy atom. The van der Waals surface area contributed by atoms with Gasteiger partial charge in [-0.15, -0.1) is 0 Å². The van der Waals surface area contributed by atoms with E-state index in [0.29, 0.717) is 44.8 Å². The van der Waals surface area contributed by atoms with Gasteiger partial charge in [0.05, 0.1) is 18.7 Å². The van der Waals surface area contributed by atoms with Crippen LogP contribution in [0.1, 0.15) is 40.4 Å². The molecule has 0 radical (unpaired) electrons. The highest BCUT2D eigenvalue weighted by Gasteiger charge is 2.62. The van der Waals surface area contributed by atoms with Gasteiger partial charge in [-0.25, -0.2) is 4.79 Å². The monoisotopic (exact) mass is 666 g/mol. The molecule has 0 aromatic heterocycles. The molecule has 1 saturated heterocycles. The van der Waals surface area contributed by atoms with Crippen LogP contribution in [0.2, 0.25) is 5.02 Å². The summed E-state index contributed by atoms with van der Waals surface area (Å²) in [6, 6.07) is 16.6. The maximum atomic E-state index is 14.4. The minimum atomic E-state index is -1.20. The normalized spacial score (nSPS) is 24.5. The molecule has 4 atom stereocenters. The highest BCUT2D eigenvalue weighted by Crippen LogP contribution is 2.58. The Morgan fingerprint density at radius 2 is 1.81 bits per heavy atom. The van der Waals surface area contributed by atoms with Gasteiger partial charge in [-0.05, 0) is 84.5 Å². The van der Waals surface area contributed by atoms with Gasteiger partial charge < -0.3 is 20.1 Å². The predicted molar refractivity (Wildman–Crippen MR) is 164 cm³/mol. The number of piperidine rings is 1. The molecule has 1 fully saturated rings. The second kappa shape index (κ2) is 11.2. The predicted octanol–water partition coefficient (Wildman–Crippen LogP) is 7.45. The van der Waals surface area contributed by atoms with E-state index in [9.17, 15) is 14.4 Å². The zero-order valence-electron chi connectivity index (χ0n) is 22.3. The summed E-state index contributed by atoms with van der Waals surface area (Å²) in [5.74, 6) is -0.563. The highest BCUT2D eigenvalue weighted by atomic mass is 79.9. The maximum absolute atomic E-state index is 14.4. The van der Waals surface area contributed by atoms with E-state index in [1.54, 1.807) is 42.5 Å². The van der Waals surface area contributed by atoms with Crippen LogP contribution in [0.25, 0.3) is 0 Å². The SMILES string of the molecule is COC(=O)c1ccc(Oc2ccc(Br)cc2[C@@H]2NC(=O)C[C@@H](C3C=CC=C(Cl)C3)[C@]23C(=O)Nc2cc(Cl)ccc23)cc1. The number of fused-ring (bicyclic) bond motifs is 2. The Morgan fingerprint density at radius 1 is 1.02 bits per heavy atom. The minimum absolute atomic E-state index is 0.129. The van der Waals surface area contributed by atoms with E-state index in [-0.39, 0.29) is 24.2 Å². The smallest absolute Gasteiger partial charge is 0.337 e. The van der Waals surface area contributed by atoms with E-state index in [2.05, 4.69) is 26.6 Å². The first-order chi connectivity index (χ1) is 20.2. The second-order valence-electron chi connectivity index (χ2n) is 10.5. The number of allylic oxidation sites excluding steroid dienone is 4. The molecule has 1 spiro atoms. The average Bonchev–Trinajstić information content (AvgIpc) is 3.25. The number of halogens is 3. The Kier molecular flexibility index (Phi) is 7.64. The number of carbonyl (C=O) groups is 3. The van der Waals surface area contributed by atoms with Crippen LogP contribution in [0.5, 0.6) is 11.5 Å². The molecule has 2 amide bonds. The van der Waals surface area contributed by atoms with Gasteiger partial charge in [0.2, 0.25) is 11.8 Å². The molecular weight excluding hydrogens is 643 g/mol. The van der Waals surface area contributed by atoms with Crippen molar-refractivity contribution < 1.29 is 23.9 Å². The van der Waals surface area contributed by atoms with Crippen LogP contribution in [0.3, 0.4) is 0 Å². The first-order valence-electron chi connectivity index (χ1n) is 13.3. The van der Waals surface area contributed by atoms with Gasteiger partial charge in [0.25, 0.3) is 0 Å². The number of ether oxygens (including phenoxy) is 2. The Bertz CT molecular complexity index is 1670. The topological polar surface area (TPSA) is 93.7 Å². The second-order valence-corrected chi connectivity index (χ2v) is 12.3. The van der Waals surface area contributed by atoms with E-state index < -0.39 is 23.3 Å². The first kappa shape index (κ1) is 28.5. The molecule has 42 heavy (non-hydrogen) atoms. The molecule has 1 aliphatic carbocycles. The fraction of sp³-hybridized carbons (Fsp3) is 0.219. The summed E-state index contributed by atoms with van der Waals surface area (Å²) < 4.78 is 11.9. The van der Waals surface area contributed by atoms with E-state index in [1.807, 2.05) is 36.4 Å². The molecule has 0 bridgehead atoms. The molecule has 214 valence electrons. The third kappa shape index (κ3) is 4.91. The lowest BCUT2D eigenvalue weighted by Crippen LogP contribution is -2.59. The van der Waals surface area contributed by atoms with E-state index in [1.165, 1.54) is 7.11 Å². The molecule has 3 aromatic carbocycles. The Labute approximate surface area is 261 Å². The third-order valence-corrected chi connectivity index (χ3v) is 9.18. The molecule has 3 aromatic rings. The summed E-state index contributed by atoms with van der Waals surface area (Å²) in [5, 5.41) is 7.36. The van der Waals surface area contributed by atoms with Gasteiger partial charge in [0.15, 0.2) is 0 Å². The van der Waals surface area contributed by atoms with Crippen LogP contribution in [0.15, 0.2) is 88.4 Å². The fourth-order valence-electron chi connectivity index (χ4n) is 6.39. The molecule has 0 saturated carbocycles. The number of nitrogens with one attached hydrogen (secondary N) is 2. The number of hydrogen-bond acceptors (Lipinski definition) is 5. The van der Waals surface area contributed by atoms with Gasteiger partial charge >= 0.3 is 5.97 Å². The number of carbonyl (C=O) groups excluding carboxylic acids is 3. The lowest BCUT2D eigenvalue weighted by molar-refractivity contribution is -0.135. The quantitative estimate of drug-likeness (QED) is 0.276. The zero-order valence-corrected chi connectivity index (χ0v) is 25.4. The molecule has 3 aliphatic rings. The number of anilines is 1. The van der Waals surface area contributed by atoms with Crippen molar-refractivity contribution in [3.63, 3.8) is 0 Å². The van der Waals surface area contributed by atoms with Crippen molar-refractivity contribution in [3.8, 4) is 11.5 Å². The molecule has 7 nitrogen and oxygen atoms in total. The van der Waals surface area contributed by atoms with Crippen LogP contribution < -0.4 is 15.4 Å². The summed E-state index contributed by atoms with van der Waals surface area (Å²) in [4.78, 5) is 39.7. The molecule has 2 heterocycles. The third-order valence-electron chi connectivity index (χ3n) is 8.17. The molecule has 10 heteroatoms. The summed E-state index contributed by atoms with van der Waals surface area (Å²) >= 11 is 16.4. The number of amides is 2.